The monoisotopic (exact) mass is 391 g/mol. The van der Waals surface area contributed by atoms with E-state index in [1.807, 2.05) is 0 Å². The number of rotatable bonds is 2. The van der Waals surface area contributed by atoms with Gasteiger partial charge in [0.2, 0.25) is 5.91 Å². The van der Waals surface area contributed by atoms with E-state index in [0.717, 1.165) is 4.90 Å². The van der Waals surface area contributed by atoms with Crippen LogP contribution in [0.3, 0.4) is 0 Å². The third-order valence-corrected chi connectivity index (χ3v) is 4.82. The molecule has 0 bridgehead atoms. The summed E-state index contributed by atoms with van der Waals surface area (Å²) >= 11 is 0. The Balaban J connectivity index is 1.72. The summed E-state index contributed by atoms with van der Waals surface area (Å²) in [6, 6.07) is 14.0. The molecular formula is C23H21NO5. The van der Waals surface area contributed by atoms with Crippen molar-refractivity contribution in [3.63, 3.8) is 0 Å². The van der Waals surface area contributed by atoms with Gasteiger partial charge in [-0.2, -0.15) is 0 Å². The molecule has 1 atom stereocenters. The average molecular weight is 391 g/mol. The minimum atomic E-state index is -0.732. The van der Waals surface area contributed by atoms with Crippen molar-refractivity contribution in [3.8, 4) is 0 Å². The minimum absolute atomic E-state index is 0.141. The highest BCUT2D eigenvalue weighted by atomic mass is 16.6. The molecule has 0 aliphatic carbocycles. The Bertz CT molecular complexity index is 1170. The van der Waals surface area contributed by atoms with E-state index in [4.69, 9.17) is 9.15 Å². The number of fused-ring (bicyclic) bond motifs is 2. The van der Waals surface area contributed by atoms with Gasteiger partial charge in [-0.25, -0.2) is 9.69 Å². The Hall–Kier alpha value is -3.41. The number of ether oxygens (including phenoxy) is 1. The van der Waals surface area contributed by atoms with Crippen molar-refractivity contribution in [1.29, 1.82) is 0 Å². The van der Waals surface area contributed by atoms with Crippen molar-refractivity contribution in [2.24, 2.45) is 0 Å². The number of hydrogen-bond acceptors (Lipinski definition) is 5. The predicted molar refractivity (Wildman–Crippen MR) is 109 cm³/mol. The van der Waals surface area contributed by atoms with Gasteiger partial charge in [0, 0.05) is 5.56 Å². The topological polar surface area (TPSA) is 76.8 Å². The lowest BCUT2D eigenvalue weighted by Gasteiger charge is -2.24. The number of carbonyl (C=O) groups excluding carboxylic acids is 2. The molecular weight excluding hydrogens is 370 g/mol. The summed E-state index contributed by atoms with van der Waals surface area (Å²) in [5.41, 5.74) is 1.16. The normalized spacial score (nSPS) is 16.2. The van der Waals surface area contributed by atoms with E-state index in [0.29, 0.717) is 27.8 Å². The second-order valence-electron chi connectivity index (χ2n) is 8.06. The van der Waals surface area contributed by atoms with E-state index in [9.17, 15) is 14.4 Å². The molecule has 2 aromatic carbocycles. The van der Waals surface area contributed by atoms with E-state index >= 15 is 0 Å². The summed E-state index contributed by atoms with van der Waals surface area (Å²) < 4.78 is 11.0. The van der Waals surface area contributed by atoms with Crippen molar-refractivity contribution >= 4 is 28.7 Å². The van der Waals surface area contributed by atoms with Crippen LogP contribution in [0, 0.1) is 0 Å². The molecule has 0 fully saturated rings. The third kappa shape index (κ3) is 3.42. The number of imide groups is 1. The van der Waals surface area contributed by atoms with E-state index < -0.39 is 23.5 Å². The minimum Gasteiger partial charge on any atom is -0.464 e. The lowest BCUT2D eigenvalue weighted by atomic mass is 9.93. The molecule has 6 nitrogen and oxygen atoms in total. The smallest absolute Gasteiger partial charge is 0.421 e. The van der Waals surface area contributed by atoms with Crippen LogP contribution in [-0.4, -0.2) is 17.6 Å². The molecule has 1 unspecified atom stereocenters. The van der Waals surface area contributed by atoms with Gasteiger partial charge in [-0.15, -0.1) is 0 Å². The fourth-order valence-electron chi connectivity index (χ4n) is 3.57. The molecule has 3 aromatic rings. The maximum absolute atomic E-state index is 13.2. The molecule has 1 aliphatic rings. The van der Waals surface area contributed by atoms with Crippen LogP contribution in [0.15, 0.2) is 64.0 Å². The SMILES string of the molecule is CC(C)(C)OC(=O)N1C(=O)C(Cc2coc3ccccc3c2=O)c2ccccc21. The van der Waals surface area contributed by atoms with Gasteiger partial charge in [-0.1, -0.05) is 30.3 Å². The van der Waals surface area contributed by atoms with Crippen LogP contribution in [0.1, 0.15) is 37.8 Å². The van der Waals surface area contributed by atoms with Crippen molar-refractivity contribution in [2.45, 2.75) is 38.7 Å². The molecule has 0 saturated heterocycles. The molecule has 148 valence electrons. The third-order valence-electron chi connectivity index (χ3n) is 4.82. The van der Waals surface area contributed by atoms with Crippen LogP contribution >= 0.6 is 0 Å². The van der Waals surface area contributed by atoms with E-state index in [1.165, 1.54) is 6.26 Å². The Morgan fingerprint density at radius 2 is 1.76 bits per heavy atom. The number of benzene rings is 2. The molecule has 4 rings (SSSR count). The Morgan fingerprint density at radius 3 is 2.52 bits per heavy atom. The summed E-state index contributed by atoms with van der Waals surface area (Å²) in [7, 11) is 0. The first-order valence-corrected chi connectivity index (χ1v) is 9.41. The van der Waals surface area contributed by atoms with Crippen LogP contribution < -0.4 is 10.3 Å². The largest absolute Gasteiger partial charge is 0.464 e. The summed E-state index contributed by atoms with van der Waals surface area (Å²) in [4.78, 5) is 39.8. The maximum atomic E-state index is 13.2. The van der Waals surface area contributed by atoms with Crippen LogP contribution in [0.5, 0.6) is 0 Å². The molecule has 0 saturated carbocycles. The second kappa shape index (κ2) is 6.88. The van der Waals surface area contributed by atoms with Gasteiger partial charge in [0.1, 0.15) is 11.2 Å². The van der Waals surface area contributed by atoms with Gasteiger partial charge in [-0.3, -0.25) is 9.59 Å². The van der Waals surface area contributed by atoms with Crippen LogP contribution in [0.4, 0.5) is 10.5 Å². The van der Waals surface area contributed by atoms with Crippen LogP contribution in [0.2, 0.25) is 0 Å². The molecule has 0 N–H and O–H groups in total. The quantitative estimate of drug-likeness (QED) is 0.647. The van der Waals surface area contributed by atoms with Crippen LogP contribution in [-0.2, 0) is 16.0 Å². The second-order valence-corrected chi connectivity index (χ2v) is 8.06. The fourth-order valence-corrected chi connectivity index (χ4v) is 3.57. The lowest BCUT2D eigenvalue weighted by Crippen LogP contribution is -2.40. The van der Waals surface area contributed by atoms with Gasteiger partial charge in [0.05, 0.1) is 23.3 Å². The van der Waals surface area contributed by atoms with E-state index in [-0.39, 0.29) is 11.8 Å². The maximum Gasteiger partial charge on any atom is 0.421 e. The number of hydrogen-bond donors (Lipinski definition) is 0. The highest BCUT2D eigenvalue weighted by Gasteiger charge is 2.42. The number of anilines is 1. The molecule has 6 heteroatoms. The molecule has 0 spiro atoms. The zero-order valence-corrected chi connectivity index (χ0v) is 16.5. The van der Waals surface area contributed by atoms with Crippen molar-refractivity contribution in [1.82, 2.24) is 0 Å². The first-order chi connectivity index (χ1) is 13.8. The zero-order chi connectivity index (χ0) is 20.8. The van der Waals surface area contributed by atoms with Crippen LogP contribution in [0.25, 0.3) is 11.0 Å². The summed E-state index contributed by atoms with van der Waals surface area (Å²) in [5.74, 6) is -1.07. The first-order valence-electron chi connectivity index (χ1n) is 9.41. The van der Waals surface area contributed by atoms with Gasteiger partial charge in [0.25, 0.3) is 0 Å². The molecule has 1 aliphatic heterocycles. The molecule has 1 aromatic heterocycles. The zero-order valence-electron chi connectivity index (χ0n) is 16.5. The Morgan fingerprint density at radius 1 is 1.07 bits per heavy atom. The standard InChI is InChI=1S/C23H21NO5/c1-23(2,3)29-22(27)24-18-10-6-4-8-15(18)17(21(24)26)12-14-13-28-19-11-7-5-9-16(19)20(14)25/h4-11,13,17H,12H2,1-3H3. The fraction of sp³-hybridized carbons (Fsp3) is 0.261. The van der Waals surface area contributed by atoms with Gasteiger partial charge >= 0.3 is 6.09 Å². The lowest BCUT2D eigenvalue weighted by molar-refractivity contribution is -0.119. The number of para-hydroxylation sites is 2. The van der Waals surface area contributed by atoms with Crippen molar-refractivity contribution in [3.05, 3.63) is 76.1 Å². The van der Waals surface area contributed by atoms with Crippen molar-refractivity contribution in [2.75, 3.05) is 4.90 Å². The Labute approximate surface area is 167 Å². The first kappa shape index (κ1) is 18.9. The summed E-state index contributed by atoms with van der Waals surface area (Å²) in [6.45, 7) is 5.24. The van der Waals surface area contributed by atoms with Gasteiger partial charge in [-0.05, 0) is 51.0 Å². The molecule has 29 heavy (non-hydrogen) atoms. The number of carbonyl (C=O) groups is 2. The highest BCUT2D eigenvalue weighted by molar-refractivity contribution is 6.19. The van der Waals surface area contributed by atoms with Gasteiger partial charge < -0.3 is 9.15 Å². The van der Waals surface area contributed by atoms with Gasteiger partial charge in [0.15, 0.2) is 5.43 Å². The predicted octanol–water partition coefficient (Wildman–Crippen LogP) is 4.40. The number of amides is 2. The van der Waals surface area contributed by atoms with E-state index in [2.05, 4.69) is 0 Å². The number of nitrogens with zero attached hydrogens (tertiary/aromatic N) is 1. The van der Waals surface area contributed by atoms with E-state index in [1.54, 1.807) is 69.3 Å². The summed E-state index contributed by atoms with van der Waals surface area (Å²) in [5, 5.41) is 0.465. The van der Waals surface area contributed by atoms with Crippen molar-refractivity contribution < 1.29 is 18.7 Å². The average Bonchev–Trinajstić information content (AvgIpc) is 2.94. The molecule has 2 heterocycles. The molecule has 2 amide bonds. The highest BCUT2D eigenvalue weighted by Crippen LogP contribution is 2.39. The molecule has 0 radical (unpaired) electrons. The Kier molecular flexibility index (Phi) is 4.49. The summed E-state index contributed by atoms with van der Waals surface area (Å²) in [6.07, 6.45) is 0.821.